The molecule has 0 aliphatic heterocycles. The molecular formula is C17H21NO3. The molecule has 2 rings (SSSR count). The van der Waals surface area contributed by atoms with Crippen molar-refractivity contribution in [2.75, 3.05) is 6.54 Å². The first-order valence-electron chi connectivity index (χ1n) is 7.26. The van der Waals surface area contributed by atoms with Gasteiger partial charge in [-0.3, -0.25) is 4.79 Å². The Kier molecular flexibility index (Phi) is 5.58. The Morgan fingerprint density at radius 3 is 2.62 bits per heavy atom. The SMILES string of the molecule is CC[C@H](C(=O)NCC[C@@H](O)c1ccco1)c1ccccc1. The molecule has 0 saturated heterocycles. The fourth-order valence-corrected chi connectivity index (χ4v) is 2.34. The van der Waals surface area contributed by atoms with E-state index >= 15 is 0 Å². The van der Waals surface area contributed by atoms with Crippen molar-refractivity contribution in [2.24, 2.45) is 0 Å². The van der Waals surface area contributed by atoms with Crippen molar-refractivity contribution in [1.29, 1.82) is 0 Å². The first-order valence-corrected chi connectivity index (χ1v) is 7.26. The summed E-state index contributed by atoms with van der Waals surface area (Å²) in [5.41, 5.74) is 1.02. The zero-order valence-corrected chi connectivity index (χ0v) is 12.2. The molecule has 0 unspecified atom stereocenters. The Morgan fingerprint density at radius 1 is 1.24 bits per heavy atom. The highest BCUT2D eigenvalue weighted by atomic mass is 16.4. The molecule has 1 heterocycles. The van der Waals surface area contributed by atoms with Gasteiger partial charge in [-0.15, -0.1) is 0 Å². The fourth-order valence-electron chi connectivity index (χ4n) is 2.34. The smallest absolute Gasteiger partial charge is 0.227 e. The maximum atomic E-state index is 12.2. The molecule has 2 N–H and O–H groups in total. The number of amides is 1. The van der Waals surface area contributed by atoms with E-state index in [4.69, 9.17) is 4.42 Å². The van der Waals surface area contributed by atoms with Gasteiger partial charge < -0.3 is 14.8 Å². The van der Waals surface area contributed by atoms with Crippen LogP contribution in [0.1, 0.15) is 43.1 Å². The fraction of sp³-hybridized carbons (Fsp3) is 0.353. The van der Waals surface area contributed by atoms with Gasteiger partial charge in [-0.25, -0.2) is 0 Å². The molecule has 0 radical (unpaired) electrons. The number of rotatable bonds is 7. The van der Waals surface area contributed by atoms with Gasteiger partial charge in [0.2, 0.25) is 5.91 Å². The van der Waals surface area contributed by atoms with Crippen molar-refractivity contribution in [3.63, 3.8) is 0 Å². The summed E-state index contributed by atoms with van der Waals surface area (Å²) in [6, 6.07) is 13.2. The summed E-state index contributed by atoms with van der Waals surface area (Å²) >= 11 is 0. The first kappa shape index (κ1) is 15.3. The molecular weight excluding hydrogens is 266 g/mol. The molecule has 1 aromatic carbocycles. The lowest BCUT2D eigenvalue weighted by atomic mass is 9.95. The first-order chi connectivity index (χ1) is 10.2. The van der Waals surface area contributed by atoms with E-state index in [1.54, 1.807) is 12.1 Å². The maximum Gasteiger partial charge on any atom is 0.227 e. The van der Waals surface area contributed by atoms with Crippen LogP contribution in [0.15, 0.2) is 53.1 Å². The molecule has 0 fully saturated rings. The standard InChI is InChI=1S/C17H21NO3/c1-2-14(13-7-4-3-5-8-13)17(20)18-11-10-15(19)16-9-6-12-21-16/h3-9,12,14-15,19H,2,10-11H2,1H3,(H,18,20)/t14-,15+/m0/s1. The minimum absolute atomic E-state index is 0.00431. The Hall–Kier alpha value is -2.07. The molecule has 1 aromatic heterocycles. The second-order valence-electron chi connectivity index (χ2n) is 4.98. The normalized spacial score (nSPS) is 13.6. The van der Waals surface area contributed by atoms with Crippen LogP contribution in [-0.2, 0) is 4.79 Å². The highest BCUT2D eigenvalue weighted by molar-refractivity contribution is 5.83. The molecule has 0 saturated carbocycles. The van der Waals surface area contributed by atoms with Crippen molar-refractivity contribution in [3.8, 4) is 0 Å². The van der Waals surface area contributed by atoms with Crippen LogP contribution < -0.4 is 5.32 Å². The highest BCUT2D eigenvalue weighted by Gasteiger charge is 2.18. The Bertz CT molecular complexity index is 536. The van der Waals surface area contributed by atoms with Gasteiger partial charge in [0.15, 0.2) is 0 Å². The zero-order valence-electron chi connectivity index (χ0n) is 12.2. The van der Waals surface area contributed by atoms with Crippen LogP contribution in [-0.4, -0.2) is 17.6 Å². The third-order valence-electron chi connectivity index (χ3n) is 3.52. The number of aliphatic hydroxyl groups excluding tert-OH is 1. The molecule has 21 heavy (non-hydrogen) atoms. The third-order valence-corrected chi connectivity index (χ3v) is 3.52. The minimum Gasteiger partial charge on any atom is -0.467 e. The molecule has 112 valence electrons. The predicted octanol–water partition coefficient (Wildman–Crippen LogP) is 3.01. The third kappa shape index (κ3) is 4.20. The lowest BCUT2D eigenvalue weighted by Gasteiger charge is -2.16. The van der Waals surface area contributed by atoms with Gasteiger partial charge in [0, 0.05) is 6.54 Å². The molecule has 1 amide bonds. The van der Waals surface area contributed by atoms with E-state index in [1.165, 1.54) is 6.26 Å². The van der Waals surface area contributed by atoms with E-state index in [2.05, 4.69) is 5.32 Å². The lowest BCUT2D eigenvalue weighted by Crippen LogP contribution is -2.30. The lowest BCUT2D eigenvalue weighted by molar-refractivity contribution is -0.122. The van der Waals surface area contributed by atoms with Crippen LogP contribution in [0, 0.1) is 0 Å². The minimum atomic E-state index is -0.683. The van der Waals surface area contributed by atoms with E-state index in [1.807, 2.05) is 37.3 Å². The van der Waals surface area contributed by atoms with Crippen LogP contribution in [0.4, 0.5) is 0 Å². The number of carbonyl (C=O) groups excluding carboxylic acids is 1. The van der Waals surface area contributed by atoms with Crippen LogP contribution in [0.5, 0.6) is 0 Å². The van der Waals surface area contributed by atoms with Crippen molar-refractivity contribution in [3.05, 3.63) is 60.1 Å². The average Bonchev–Trinajstić information content (AvgIpc) is 3.03. The van der Waals surface area contributed by atoms with Gasteiger partial charge >= 0.3 is 0 Å². The number of hydrogen-bond acceptors (Lipinski definition) is 3. The van der Waals surface area contributed by atoms with Crippen LogP contribution in [0.25, 0.3) is 0 Å². The topological polar surface area (TPSA) is 62.5 Å². The number of aliphatic hydroxyl groups is 1. The highest BCUT2D eigenvalue weighted by Crippen LogP contribution is 2.20. The van der Waals surface area contributed by atoms with E-state index in [9.17, 15) is 9.90 Å². The average molecular weight is 287 g/mol. The number of nitrogens with one attached hydrogen (secondary N) is 1. The molecule has 0 aliphatic carbocycles. The van der Waals surface area contributed by atoms with Crippen LogP contribution >= 0.6 is 0 Å². The summed E-state index contributed by atoms with van der Waals surface area (Å²) in [5.74, 6) is 0.377. The molecule has 2 atom stereocenters. The number of benzene rings is 1. The van der Waals surface area contributed by atoms with Crippen LogP contribution in [0.3, 0.4) is 0 Å². The summed E-state index contributed by atoms with van der Waals surface area (Å²) in [6.45, 7) is 2.42. The summed E-state index contributed by atoms with van der Waals surface area (Å²) in [5, 5.41) is 12.8. The molecule has 4 heteroatoms. The molecule has 0 spiro atoms. The van der Waals surface area contributed by atoms with Gasteiger partial charge in [0.25, 0.3) is 0 Å². The van der Waals surface area contributed by atoms with E-state index in [-0.39, 0.29) is 11.8 Å². The monoisotopic (exact) mass is 287 g/mol. The van der Waals surface area contributed by atoms with Crippen molar-refractivity contribution < 1.29 is 14.3 Å². The molecule has 0 aliphatic rings. The van der Waals surface area contributed by atoms with E-state index in [0.717, 1.165) is 12.0 Å². The number of hydrogen-bond donors (Lipinski definition) is 2. The largest absolute Gasteiger partial charge is 0.467 e. The second kappa shape index (κ2) is 7.64. The summed E-state index contributed by atoms with van der Waals surface area (Å²) in [7, 11) is 0. The second-order valence-corrected chi connectivity index (χ2v) is 4.98. The Morgan fingerprint density at radius 2 is 2.00 bits per heavy atom. The van der Waals surface area contributed by atoms with Gasteiger partial charge in [-0.05, 0) is 30.5 Å². The summed E-state index contributed by atoms with van der Waals surface area (Å²) in [6.07, 6.45) is 2.03. The predicted molar refractivity (Wildman–Crippen MR) is 80.8 cm³/mol. The van der Waals surface area contributed by atoms with E-state index in [0.29, 0.717) is 18.7 Å². The van der Waals surface area contributed by atoms with Gasteiger partial charge in [0.05, 0.1) is 12.2 Å². The van der Waals surface area contributed by atoms with Gasteiger partial charge in [-0.2, -0.15) is 0 Å². The molecule has 2 aromatic rings. The number of carbonyl (C=O) groups is 1. The Labute approximate surface area is 124 Å². The van der Waals surface area contributed by atoms with Gasteiger partial charge in [0.1, 0.15) is 11.9 Å². The van der Waals surface area contributed by atoms with Crippen LogP contribution in [0.2, 0.25) is 0 Å². The molecule has 4 nitrogen and oxygen atoms in total. The van der Waals surface area contributed by atoms with E-state index < -0.39 is 6.10 Å². The maximum absolute atomic E-state index is 12.2. The van der Waals surface area contributed by atoms with Crippen molar-refractivity contribution >= 4 is 5.91 Å². The zero-order chi connectivity index (χ0) is 15.1. The number of furan rings is 1. The van der Waals surface area contributed by atoms with Gasteiger partial charge in [-0.1, -0.05) is 37.3 Å². The quantitative estimate of drug-likeness (QED) is 0.823. The van der Waals surface area contributed by atoms with Crippen molar-refractivity contribution in [1.82, 2.24) is 5.32 Å². The molecule has 0 bridgehead atoms. The summed E-state index contributed by atoms with van der Waals surface area (Å²) < 4.78 is 5.13. The van der Waals surface area contributed by atoms with Crippen molar-refractivity contribution in [2.45, 2.75) is 31.8 Å². The Balaban J connectivity index is 1.83. The summed E-state index contributed by atoms with van der Waals surface area (Å²) in [4.78, 5) is 12.2.